The van der Waals surface area contributed by atoms with E-state index in [0.717, 1.165) is 32.5 Å². The minimum absolute atomic E-state index is 0.0280. The van der Waals surface area contributed by atoms with Gasteiger partial charge in [0.1, 0.15) is 0 Å². The van der Waals surface area contributed by atoms with Gasteiger partial charge < -0.3 is 15.1 Å². The maximum atomic E-state index is 12.6. The quantitative estimate of drug-likeness (QED) is 0.878. The van der Waals surface area contributed by atoms with Gasteiger partial charge in [-0.3, -0.25) is 0 Å². The van der Waals surface area contributed by atoms with E-state index < -0.39 is 0 Å². The summed E-state index contributed by atoms with van der Waals surface area (Å²) in [5.74, 6) is 0.702. The zero-order chi connectivity index (χ0) is 18.5. The Bertz CT molecular complexity index is 730. The lowest BCUT2D eigenvalue weighted by molar-refractivity contribution is 0.167. The number of piperidine rings is 1. The molecule has 3 rings (SSSR count). The monoisotopic (exact) mass is 353 g/mol. The van der Waals surface area contributed by atoms with E-state index in [0.29, 0.717) is 18.5 Å². The van der Waals surface area contributed by atoms with E-state index in [-0.39, 0.29) is 6.03 Å². The van der Waals surface area contributed by atoms with Crippen molar-refractivity contribution in [3.8, 4) is 0 Å². The molecule has 0 unspecified atom stereocenters. The molecule has 0 aliphatic carbocycles. The molecule has 0 saturated carbocycles. The first-order chi connectivity index (χ1) is 12.5. The van der Waals surface area contributed by atoms with Gasteiger partial charge >= 0.3 is 6.03 Å². The minimum Gasteiger partial charge on any atom is -0.335 e. The summed E-state index contributed by atoms with van der Waals surface area (Å²) >= 11 is 0. The van der Waals surface area contributed by atoms with Crippen LogP contribution >= 0.6 is 0 Å². The van der Waals surface area contributed by atoms with Gasteiger partial charge in [0.2, 0.25) is 0 Å². The van der Waals surface area contributed by atoms with Crippen molar-refractivity contribution in [2.24, 2.45) is 5.92 Å². The third-order valence-electron chi connectivity index (χ3n) is 5.17. The molecule has 0 radical (unpaired) electrons. The third kappa shape index (κ3) is 4.76. The lowest BCUT2D eigenvalue weighted by Crippen LogP contribution is -2.48. The van der Waals surface area contributed by atoms with Crippen LogP contribution in [0.25, 0.3) is 10.8 Å². The van der Waals surface area contributed by atoms with Crippen molar-refractivity contribution in [2.75, 3.05) is 26.7 Å². The Labute approximate surface area is 157 Å². The van der Waals surface area contributed by atoms with E-state index in [1.807, 2.05) is 13.1 Å². The van der Waals surface area contributed by atoms with Crippen LogP contribution in [0.3, 0.4) is 0 Å². The van der Waals surface area contributed by atoms with E-state index in [4.69, 9.17) is 0 Å². The molecule has 4 heteroatoms. The lowest BCUT2D eigenvalue weighted by atomic mass is 10.0. The van der Waals surface area contributed by atoms with Crippen molar-refractivity contribution < 1.29 is 4.79 Å². The van der Waals surface area contributed by atoms with Gasteiger partial charge in [-0.25, -0.2) is 4.79 Å². The first kappa shape index (κ1) is 18.7. The molecule has 2 amide bonds. The highest BCUT2D eigenvalue weighted by Crippen LogP contribution is 2.20. The summed E-state index contributed by atoms with van der Waals surface area (Å²) in [6, 6.07) is 14.9. The SMILES string of the molecule is CC(C)CN1CCC(NC(=O)N(C)Cc2cccc3ccccc23)CC1. The van der Waals surface area contributed by atoms with E-state index in [2.05, 4.69) is 60.5 Å². The zero-order valence-electron chi connectivity index (χ0n) is 16.2. The fourth-order valence-corrected chi connectivity index (χ4v) is 3.82. The molecule has 140 valence electrons. The number of nitrogens with one attached hydrogen (secondary N) is 1. The molecule has 26 heavy (non-hydrogen) atoms. The predicted molar refractivity (Wildman–Crippen MR) is 108 cm³/mol. The van der Waals surface area contributed by atoms with Crippen molar-refractivity contribution in [3.05, 3.63) is 48.0 Å². The van der Waals surface area contributed by atoms with E-state index in [9.17, 15) is 4.79 Å². The number of hydrogen-bond donors (Lipinski definition) is 1. The van der Waals surface area contributed by atoms with Crippen LogP contribution in [0.2, 0.25) is 0 Å². The lowest BCUT2D eigenvalue weighted by Gasteiger charge is -2.34. The highest BCUT2D eigenvalue weighted by molar-refractivity contribution is 5.86. The molecule has 2 aromatic carbocycles. The molecular formula is C22H31N3O. The summed E-state index contributed by atoms with van der Waals surface area (Å²) < 4.78 is 0. The number of carbonyl (C=O) groups excluding carboxylic acids is 1. The Morgan fingerprint density at radius 1 is 1.15 bits per heavy atom. The van der Waals surface area contributed by atoms with Crippen LogP contribution in [-0.2, 0) is 6.54 Å². The first-order valence-corrected chi connectivity index (χ1v) is 9.73. The van der Waals surface area contributed by atoms with Crippen molar-refractivity contribution in [2.45, 2.75) is 39.3 Å². The summed E-state index contributed by atoms with van der Waals surface area (Å²) in [6.07, 6.45) is 2.08. The zero-order valence-corrected chi connectivity index (χ0v) is 16.2. The van der Waals surface area contributed by atoms with Gasteiger partial charge in [-0.2, -0.15) is 0 Å². The van der Waals surface area contributed by atoms with Crippen LogP contribution in [0.5, 0.6) is 0 Å². The number of urea groups is 1. The second-order valence-corrected chi connectivity index (χ2v) is 7.91. The van der Waals surface area contributed by atoms with E-state index in [1.165, 1.54) is 16.3 Å². The molecule has 0 aromatic heterocycles. The second-order valence-electron chi connectivity index (χ2n) is 7.91. The van der Waals surface area contributed by atoms with Crippen LogP contribution in [0.15, 0.2) is 42.5 Å². The third-order valence-corrected chi connectivity index (χ3v) is 5.17. The fourth-order valence-electron chi connectivity index (χ4n) is 3.82. The molecule has 2 aromatic rings. The van der Waals surface area contributed by atoms with Gasteiger partial charge in [-0.05, 0) is 35.1 Å². The number of carbonyl (C=O) groups is 1. The molecule has 1 aliphatic rings. The molecule has 1 aliphatic heterocycles. The molecule has 0 spiro atoms. The van der Waals surface area contributed by atoms with E-state index >= 15 is 0 Å². The van der Waals surface area contributed by atoms with Gasteiger partial charge in [0.25, 0.3) is 0 Å². The summed E-state index contributed by atoms with van der Waals surface area (Å²) in [6.45, 7) is 8.46. The van der Waals surface area contributed by atoms with Gasteiger partial charge in [-0.15, -0.1) is 0 Å². The summed E-state index contributed by atoms with van der Waals surface area (Å²) in [4.78, 5) is 16.9. The van der Waals surface area contributed by atoms with Crippen LogP contribution < -0.4 is 5.32 Å². The largest absolute Gasteiger partial charge is 0.335 e. The highest BCUT2D eigenvalue weighted by Gasteiger charge is 2.22. The Kier molecular flexibility index (Phi) is 6.15. The molecule has 1 fully saturated rings. The standard InChI is InChI=1S/C22H31N3O/c1-17(2)15-25-13-11-20(12-14-25)23-22(26)24(3)16-19-9-6-8-18-7-4-5-10-21(18)19/h4-10,17,20H,11-16H2,1-3H3,(H,23,26). The molecule has 0 atom stereocenters. The number of benzene rings is 2. The van der Waals surface area contributed by atoms with E-state index in [1.54, 1.807) is 4.90 Å². The Morgan fingerprint density at radius 3 is 2.58 bits per heavy atom. The number of amides is 2. The fraction of sp³-hybridized carbons (Fsp3) is 0.500. The van der Waals surface area contributed by atoms with Crippen LogP contribution in [0.4, 0.5) is 4.79 Å². The molecule has 0 bridgehead atoms. The smallest absolute Gasteiger partial charge is 0.317 e. The first-order valence-electron chi connectivity index (χ1n) is 9.73. The van der Waals surface area contributed by atoms with Crippen molar-refractivity contribution in [1.82, 2.24) is 15.1 Å². The van der Waals surface area contributed by atoms with Crippen LogP contribution in [-0.4, -0.2) is 48.6 Å². The van der Waals surface area contributed by atoms with Gasteiger partial charge in [-0.1, -0.05) is 56.3 Å². The number of likely N-dealkylation sites (tertiary alicyclic amines) is 1. The number of nitrogens with zero attached hydrogens (tertiary/aromatic N) is 2. The number of rotatable bonds is 5. The Hall–Kier alpha value is -2.07. The van der Waals surface area contributed by atoms with Crippen LogP contribution in [0.1, 0.15) is 32.3 Å². The Morgan fingerprint density at radius 2 is 1.85 bits per heavy atom. The summed E-state index contributed by atoms with van der Waals surface area (Å²) in [7, 11) is 1.88. The maximum Gasteiger partial charge on any atom is 0.317 e. The predicted octanol–water partition coefficient (Wildman–Crippen LogP) is 4.10. The molecule has 1 saturated heterocycles. The number of fused-ring (bicyclic) bond motifs is 1. The average molecular weight is 354 g/mol. The van der Waals surface area contributed by atoms with Gasteiger partial charge in [0, 0.05) is 39.3 Å². The molecular weight excluding hydrogens is 322 g/mol. The van der Waals surface area contributed by atoms with Crippen molar-refractivity contribution in [3.63, 3.8) is 0 Å². The Balaban J connectivity index is 1.54. The van der Waals surface area contributed by atoms with Gasteiger partial charge in [0.05, 0.1) is 0 Å². The normalized spacial score (nSPS) is 16.2. The number of hydrogen-bond acceptors (Lipinski definition) is 2. The molecule has 1 heterocycles. The second kappa shape index (κ2) is 8.54. The molecule has 1 N–H and O–H groups in total. The topological polar surface area (TPSA) is 35.6 Å². The molecule has 4 nitrogen and oxygen atoms in total. The average Bonchev–Trinajstić information content (AvgIpc) is 2.63. The minimum atomic E-state index is 0.0280. The van der Waals surface area contributed by atoms with Gasteiger partial charge in [0.15, 0.2) is 0 Å². The van der Waals surface area contributed by atoms with Crippen molar-refractivity contribution in [1.29, 1.82) is 0 Å². The summed E-state index contributed by atoms with van der Waals surface area (Å²) in [5, 5.41) is 5.66. The van der Waals surface area contributed by atoms with Crippen LogP contribution in [0, 0.1) is 5.92 Å². The van der Waals surface area contributed by atoms with Crippen molar-refractivity contribution >= 4 is 16.8 Å². The maximum absolute atomic E-state index is 12.6. The highest BCUT2D eigenvalue weighted by atomic mass is 16.2. The summed E-state index contributed by atoms with van der Waals surface area (Å²) in [5.41, 5.74) is 1.19.